The maximum absolute atomic E-state index is 11.5. The molecule has 1 aliphatic rings. The molecule has 4 N–H and O–H groups in total. The molecule has 1 aliphatic carbocycles. The van der Waals surface area contributed by atoms with Gasteiger partial charge in [0.1, 0.15) is 5.69 Å². The molecule has 0 aromatic carbocycles. The zero-order chi connectivity index (χ0) is 13.3. The molecule has 2 rings (SSSR count). The van der Waals surface area contributed by atoms with Gasteiger partial charge in [-0.1, -0.05) is 13.8 Å². The van der Waals surface area contributed by atoms with Gasteiger partial charge in [0.05, 0.1) is 0 Å². The van der Waals surface area contributed by atoms with Crippen LogP contribution >= 0.6 is 0 Å². The molecular weight excluding hydrogens is 228 g/mol. The summed E-state index contributed by atoms with van der Waals surface area (Å²) in [7, 11) is 1.60. The van der Waals surface area contributed by atoms with Crippen molar-refractivity contribution in [3.8, 4) is 0 Å². The first kappa shape index (κ1) is 12.8. The molecule has 0 saturated heterocycles. The number of aromatic nitrogens is 1. The molecule has 1 amide bonds. The fourth-order valence-electron chi connectivity index (χ4n) is 2.18. The van der Waals surface area contributed by atoms with Crippen molar-refractivity contribution in [1.29, 1.82) is 0 Å². The predicted molar refractivity (Wildman–Crippen MR) is 71.4 cm³/mol. The predicted octanol–water partition coefficient (Wildman–Crippen LogP) is 0.979. The number of carbonyl (C=O) groups is 1. The third kappa shape index (κ3) is 2.18. The summed E-state index contributed by atoms with van der Waals surface area (Å²) in [5.41, 5.74) is 7.39. The van der Waals surface area contributed by atoms with Gasteiger partial charge in [0.2, 0.25) is 0 Å². The first-order valence-corrected chi connectivity index (χ1v) is 6.15. The number of rotatable bonds is 3. The van der Waals surface area contributed by atoms with Crippen molar-refractivity contribution < 1.29 is 4.79 Å². The Morgan fingerprint density at radius 2 is 2.28 bits per heavy atom. The molecule has 0 radical (unpaired) electrons. The van der Waals surface area contributed by atoms with E-state index in [0.29, 0.717) is 11.7 Å². The molecule has 18 heavy (non-hydrogen) atoms. The number of nitrogens with two attached hydrogens (primary N) is 1. The standard InChI is InChI=1S/C13H20N4O/c1-13(2)10(14)7-11(13)17-8-4-5-16-9(6-8)12(18)15-3/h4-6,10-11H,7,14H2,1-3H3,(H,15,18)(H,16,17). The fraction of sp³-hybridized carbons (Fsp3) is 0.538. The highest BCUT2D eigenvalue weighted by Crippen LogP contribution is 2.40. The Bertz CT molecular complexity index is 458. The summed E-state index contributed by atoms with van der Waals surface area (Å²) < 4.78 is 0. The van der Waals surface area contributed by atoms with Crippen molar-refractivity contribution in [2.75, 3.05) is 12.4 Å². The van der Waals surface area contributed by atoms with Crippen LogP contribution in [0.25, 0.3) is 0 Å². The molecule has 2 atom stereocenters. The molecule has 1 saturated carbocycles. The first-order valence-electron chi connectivity index (χ1n) is 6.15. The Morgan fingerprint density at radius 1 is 1.56 bits per heavy atom. The summed E-state index contributed by atoms with van der Waals surface area (Å²) in [6.45, 7) is 4.30. The van der Waals surface area contributed by atoms with Gasteiger partial charge in [-0.05, 0) is 18.6 Å². The van der Waals surface area contributed by atoms with Gasteiger partial charge in [-0.15, -0.1) is 0 Å². The number of pyridine rings is 1. The summed E-state index contributed by atoms with van der Waals surface area (Å²) >= 11 is 0. The molecule has 98 valence electrons. The Balaban J connectivity index is 2.09. The minimum atomic E-state index is -0.178. The van der Waals surface area contributed by atoms with Crippen LogP contribution in [0.1, 0.15) is 30.8 Å². The number of amides is 1. The van der Waals surface area contributed by atoms with Crippen molar-refractivity contribution >= 4 is 11.6 Å². The monoisotopic (exact) mass is 248 g/mol. The van der Waals surface area contributed by atoms with E-state index in [0.717, 1.165) is 12.1 Å². The van der Waals surface area contributed by atoms with Crippen LogP contribution < -0.4 is 16.4 Å². The van der Waals surface area contributed by atoms with Gasteiger partial charge in [0.25, 0.3) is 5.91 Å². The molecule has 0 aliphatic heterocycles. The minimum Gasteiger partial charge on any atom is -0.382 e. The largest absolute Gasteiger partial charge is 0.382 e. The van der Waals surface area contributed by atoms with Gasteiger partial charge in [0, 0.05) is 36.4 Å². The normalized spacial score (nSPS) is 25.1. The van der Waals surface area contributed by atoms with Gasteiger partial charge in [-0.2, -0.15) is 0 Å². The van der Waals surface area contributed by atoms with E-state index in [2.05, 4.69) is 29.5 Å². The average molecular weight is 248 g/mol. The maximum atomic E-state index is 11.5. The number of anilines is 1. The summed E-state index contributed by atoms with van der Waals surface area (Å²) in [5.74, 6) is -0.178. The Labute approximate surface area is 107 Å². The van der Waals surface area contributed by atoms with Crippen LogP contribution in [-0.4, -0.2) is 30.0 Å². The van der Waals surface area contributed by atoms with Crippen LogP contribution in [0.5, 0.6) is 0 Å². The summed E-state index contributed by atoms with van der Waals surface area (Å²) in [6.07, 6.45) is 2.59. The van der Waals surface area contributed by atoms with Crippen LogP contribution in [0.3, 0.4) is 0 Å². The van der Waals surface area contributed by atoms with Crippen molar-refractivity contribution in [2.24, 2.45) is 11.1 Å². The average Bonchev–Trinajstić information content (AvgIpc) is 2.38. The number of nitrogens with zero attached hydrogens (tertiary/aromatic N) is 1. The molecule has 5 nitrogen and oxygen atoms in total. The lowest BCUT2D eigenvalue weighted by Gasteiger charge is -2.51. The molecule has 1 aromatic rings. The highest BCUT2D eigenvalue weighted by Gasteiger charge is 2.45. The fourth-order valence-corrected chi connectivity index (χ4v) is 2.18. The van der Waals surface area contributed by atoms with Crippen LogP contribution in [0.15, 0.2) is 18.3 Å². The Kier molecular flexibility index (Phi) is 3.26. The zero-order valence-electron chi connectivity index (χ0n) is 11.0. The van der Waals surface area contributed by atoms with Crippen molar-refractivity contribution in [2.45, 2.75) is 32.4 Å². The lowest BCUT2D eigenvalue weighted by atomic mass is 9.63. The van der Waals surface area contributed by atoms with E-state index in [-0.39, 0.29) is 17.4 Å². The van der Waals surface area contributed by atoms with Crippen LogP contribution in [0.2, 0.25) is 0 Å². The number of hydrogen-bond acceptors (Lipinski definition) is 4. The molecule has 2 unspecified atom stereocenters. The van der Waals surface area contributed by atoms with Gasteiger partial charge < -0.3 is 16.4 Å². The highest BCUT2D eigenvalue weighted by atomic mass is 16.1. The molecule has 0 bridgehead atoms. The van der Waals surface area contributed by atoms with Crippen molar-refractivity contribution in [3.63, 3.8) is 0 Å². The Morgan fingerprint density at radius 3 is 2.83 bits per heavy atom. The summed E-state index contributed by atoms with van der Waals surface area (Å²) in [5, 5.41) is 5.98. The minimum absolute atomic E-state index is 0.0798. The van der Waals surface area contributed by atoms with Crippen molar-refractivity contribution in [3.05, 3.63) is 24.0 Å². The molecule has 1 heterocycles. The van der Waals surface area contributed by atoms with E-state index in [1.807, 2.05) is 6.07 Å². The van der Waals surface area contributed by atoms with Crippen LogP contribution in [0, 0.1) is 5.41 Å². The zero-order valence-corrected chi connectivity index (χ0v) is 11.0. The lowest BCUT2D eigenvalue weighted by Crippen LogP contribution is -2.61. The van der Waals surface area contributed by atoms with E-state index in [4.69, 9.17) is 5.73 Å². The molecule has 0 spiro atoms. The number of carbonyl (C=O) groups excluding carboxylic acids is 1. The first-order chi connectivity index (χ1) is 8.45. The van der Waals surface area contributed by atoms with E-state index in [1.165, 1.54) is 0 Å². The molecule has 1 aromatic heterocycles. The van der Waals surface area contributed by atoms with E-state index >= 15 is 0 Å². The molecule has 1 fully saturated rings. The SMILES string of the molecule is CNC(=O)c1cc(NC2CC(N)C2(C)C)ccn1. The van der Waals surface area contributed by atoms with Gasteiger partial charge in [-0.25, -0.2) is 0 Å². The van der Waals surface area contributed by atoms with Crippen LogP contribution in [0.4, 0.5) is 5.69 Å². The summed E-state index contributed by atoms with van der Waals surface area (Å²) in [6, 6.07) is 4.20. The smallest absolute Gasteiger partial charge is 0.269 e. The molecule has 5 heteroatoms. The summed E-state index contributed by atoms with van der Waals surface area (Å²) in [4.78, 5) is 15.5. The molecular formula is C13H20N4O. The topological polar surface area (TPSA) is 80.0 Å². The lowest BCUT2D eigenvalue weighted by molar-refractivity contribution is 0.0958. The number of nitrogens with one attached hydrogen (secondary N) is 2. The third-order valence-corrected chi connectivity index (χ3v) is 3.90. The van der Waals surface area contributed by atoms with Gasteiger partial charge >= 0.3 is 0 Å². The van der Waals surface area contributed by atoms with Gasteiger partial charge in [0.15, 0.2) is 0 Å². The second kappa shape index (κ2) is 4.57. The Hall–Kier alpha value is -1.62. The van der Waals surface area contributed by atoms with Crippen molar-refractivity contribution in [1.82, 2.24) is 10.3 Å². The quantitative estimate of drug-likeness (QED) is 0.745. The number of hydrogen-bond donors (Lipinski definition) is 3. The highest BCUT2D eigenvalue weighted by molar-refractivity contribution is 5.92. The van der Waals surface area contributed by atoms with E-state index in [9.17, 15) is 4.79 Å². The second-order valence-electron chi connectivity index (χ2n) is 5.37. The van der Waals surface area contributed by atoms with E-state index < -0.39 is 0 Å². The maximum Gasteiger partial charge on any atom is 0.269 e. The second-order valence-corrected chi connectivity index (χ2v) is 5.37. The van der Waals surface area contributed by atoms with E-state index in [1.54, 1.807) is 19.3 Å². The van der Waals surface area contributed by atoms with Gasteiger partial charge in [-0.3, -0.25) is 9.78 Å². The third-order valence-electron chi connectivity index (χ3n) is 3.90. The van der Waals surface area contributed by atoms with Crippen LogP contribution in [-0.2, 0) is 0 Å².